The molecule has 2 amide bonds. The van der Waals surface area contributed by atoms with Gasteiger partial charge in [-0.3, -0.25) is 30.6 Å². The highest BCUT2D eigenvalue weighted by Crippen LogP contribution is 2.21. The molecule has 0 bridgehead atoms. The maximum Gasteiger partial charge on any atom is 0.269 e. The first-order chi connectivity index (χ1) is 13.5. The number of nitrogens with one attached hydrogen (secondary N) is 2. The number of carbonyl (C=O) groups excluding carboxylic acids is 2. The fraction of sp³-hybridized carbons (Fsp3) is 0.100. The number of fused-ring (bicyclic) bond motifs is 1. The van der Waals surface area contributed by atoms with Gasteiger partial charge in [-0.25, -0.2) is 0 Å². The molecule has 0 aromatic heterocycles. The van der Waals surface area contributed by atoms with Gasteiger partial charge in [0.05, 0.1) is 17.1 Å². The van der Waals surface area contributed by atoms with Crippen molar-refractivity contribution in [1.29, 1.82) is 0 Å². The van der Waals surface area contributed by atoms with Crippen LogP contribution in [0.2, 0.25) is 0 Å². The van der Waals surface area contributed by atoms with Gasteiger partial charge < -0.3 is 0 Å². The van der Waals surface area contributed by atoms with E-state index in [0.717, 1.165) is 21.2 Å². The van der Waals surface area contributed by atoms with E-state index >= 15 is 0 Å². The van der Waals surface area contributed by atoms with Gasteiger partial charge in [0.25, 0.3) is 5.69 Å². The number of nitrogens with zero attached hydrogens (tertiary/aromatic N) is 1. The number of rotatable bonds is 6. The van der Waals surface area contributed by atoms with Crippen LogP contribution in [0, 0.1) is 10.1 Å². The van der Waals surface area contributed by atoms with Crippen molar-refractivity contribution in [3.8, 4) is 0 Å². The smallest absolute Gasteiger partial charge is 0.269 e. The highest BCUT2D eigenvalue weighted by Gasteiger charge is 2.09. The van der Waals surface area contributed by atoms with E-state index in [1.807, 2.05) is 42.5 Å². The number of hydrogen-bond acceptors (Lipinski definition) is 5. The summed E-state index contributed by atoms with van der Waals surface area (Å²) >= 11 is 1.22. The van der Waals surface area contributed by atoms with Crippen molar-refractivity contribution in [2.45, 2.75) is 11.3 Å². The van der Waals surface area contributed by atoms with Crippen LogP contribution in [-0.2, 0) is 16.0 Å². The summed E-state index contributed by atoms with van der Waals surface area (Å²) in [5.74, 6) is -0.605. The number of amides is 2. The summed E-state index contributed by atoms with van der Waals surface area (Å²) in [6.45, 7) is 0. The van der Waals surface area contributed by atoms with E-state index in [4.69, 9.17) is 0 Å². The van der Waals surface area contributed by atoms with E-state index in [9.17, 15) is 19.7 Å². The molecule has 3 aromatic rings. The second kappa shape index (κ2) is 9.01. The molecule has 0 unspecified atom stereocenters. The lowest BCUT2D eigenvalue weighted by Crippen LogP contribution is -2.43. The van der Waals surface area contributed by atoms with Crippen LogP contribution in [0.1, 0.15) is 5.56 Å². The molecule has 7 nitrogen and oxygen atoms in total. The number of carbonyl (C=O) groups is 2. The zero-order chi connectivity index (χ0) is 19.9. The van der Waals surface area contributed by atoms with E-state index in [1.54, 1.807) is 12.1 Å². The minimum Gasteiger partial charge on any atom is -0.273 e. The van der Waals surface area contributed by atoms with Crippen LogP contribution in [0.15, 0.2) is 71.6 Å². The highest BCUT2D eigenvalue weighted by molar-refractivity contribution is 8.00. The maximum atomic E-state index is 12.1. The monoisotopic (exact) mass is 395 g/mol. The second-order valence-electron chi connectivity index (χ2n) is 5.95. The Morgan fingerprint density at radius 2 is 1.57 bits per heavy atom. The minimum atomic E-state index is -0.480. The van der Waals surface area contributed by atoms with Crippen molar-refractivity contribution in [2.24, 2.45) is 0 Å². The van der Waals surface area contributed by atoms with Crippen LogP contribution < -0.4 is 10.9 Å². The van der Waals surface area contributed by atoms with E-state index in [1.165, 1.54) is 23.9 Å². The van der Waals surface area contributed by atoms with Crippen molar-refractivity contribution in [3.05, 3.63) is 82.4 Å². The molecule has 0 atom stereocenters. The SMILES string of the molecule is O=C(CSc1ccc([N+](=O)[O-])cc1)NNC(=O)Cc1cccc2ccccc12. The van der Waals surface area contributed by atoms with Crippen LogP contribution in [-0.4, -0.2) is 22.5 Å². The lowest BCUT2D eigenvalue weighted by Gasteiger charge is -2.09. The van der Waals surface area contributed by atoms with Gasteiger partial charge in [0.15, 0.2) is 0 Å². The largest absolute Gasteiger partial charge is 0.273 e. The summed E-state index contributed by atoms with van der Waals surface area (Å²) in [5.41, 5.74) is 5.67. The molecule has 0 aliphatic carbocycles. The van der Waals surface area contributed by atoms with E-state index in [0.29, 0.717) is 0 Å². The predicted molar refractivity (Wildman–Crippen MR) is 108 cm³/mol. The third-order valence-corrected chi connectivity index (χ3v) is 5.00. The van der Waals surface area contributed by atoms with Crippen molar-refractivity contribution >= 4 is 40.0 Å². The average molecular weight is 395 g/mol. The molecule has 0 aliphatic rings. The molecule has 3 aromatic carbocycles. The zero-order valence-electron chi connectivity index (χ0n) is 14.8. The molecule has 0 saturated heterocycles. The van der Waals surface area contributed by atoms with Gasteiger partial charge in [-0.05, 0) is 28.5 Å². The van der Waals surface area contributed by atoms with Gasteiger partial charge in [0.2, 0.25) is 11.8 Å². The Morgan fingerprint density at radius 1 is 0.893 bits per heavy atom. The number of benzene rings is 3. The zero-order valence-corrected chi connectivity index (χ0v) is 15.6. The first-order valence-corrected chi connectivity index (χ1v) is 9.43. The van der Waals surface area contributed by atoms with Gasteiger partial charge in [-0.1, -0.05) is 42.5 Å². The first-order valence-electron chi connectivity index (χ1n) is 8.44. The summed E-state index contributed by atoms with van der Waals surface area (Å²) in [7, 11) is 0. The van der Waals surface area contributed by atoms with Crippen LogP contribution in [0.4, 0.5) is 5.69 Å². The Morgan fingerprint density at radius 3 is 2.32 bits per heavy atom. The minimum absolute atomic E-state index is 0.00509. The molecule has 142 valence electrons. The maximum absolute atomic E-state index is 12.1. The Bertz CT molecular complexity index is 1020. The summed E-state index contributed by atoms with van der Waals surface area (Å²) < 4.78 is 0. The van der Waals surface area contributed by atoms with Crippen molar-refractivity contribution < 1.29 is 14.5 Å². The van der Waals surface area contributed by atoms with Crippen LogP contribution in [0.3, 0.4) is 0 Å². The molecule has 0 aliphatic heterocycles. The Balaban J connectivity index is 1.47. The molecular formula is C20H17N3O4S. The van der Waals surface area contributed by atoms with Crippen LogP contribution in [0.25, 0.3) is 10.8 Å². The second-order valence-corrected chi connectivity index (χ2v) is 7.00. The molecule has 0 heterocycles. The fourth-order valence-corrected chi connectivity index (χ4v) is 3.35. The molecule has 3 rings (SSSR count). The first kappa shape index (κ1) is 19.4. The Labute approximate surface area is 165 Å². The predicted octanol–water partition coefficient (Wildman–Crippen LogP) is 3.23. The molecule has 0 radical (unpaired) electrons. The number of hydrogen-bond donors (Lipinski definition) is 2. The summed E-state index contributed by atoms with van der Waals surface area (Å²) in [6, 6.07) is 19.5. The third kappa shape index (κ3) is 5.08. The molecular weight excluding hydrogens is 378 g/mol. The van der Waals surface area contributed by atoms with Crippen LogP contribution >= 0.6 is 11.8 Å². The fourth-order valence-electron chi connectivity index (χ4n) is 2.65. The van der Waals surface area contributed by atoms with Crippen molar-refractivity contribution in [2.75, 3.05) is 5.75 Å². The molecule has 8 heteroatoms. The Kier molecular flexibility index (Phi) is 6.23. The summed E-state index contributed by atoms with van der Waals surface area (Å²) in [4.78, 5) is 34.9. The van der Waals surface area contributed by atoms with Crippen LogP contribution in [0.5, 0.6) is 0 Å². The highest BCUT2D eigenvalue weighted by atomic mass is 32.2. The number of hydrazine groups is 1. The van der Waals surface area contributed by atoms with Gasteiger partial charge in [0.1, 0.15) is 0 Å². The molecule has 0 spiro atoms. The molecule has 28 heavy (non-hydrogen) atoms. The van der Waals surface area contributed by atoms with E-state index in [2.05, 4.69) is 10.9 Å². The summed E-state index contributed by atoms with van der Waals surface area (Å²) in [6.07, 6.45) is 0.150. The molecule has 0 saturated carbocycles. The molecule has 0 fully saturated rings. The number of nitro groups is 1. The topological polar surface area (TPSA) is 101 Å². The normalized spacial score (nSPS) is 10.4. The van der Waals surface area contributed by atoms with E-state index < -0.39 is 4.92 Å². The lowest BCUT2D eigenvalue weighted by atomic mass is 10.0. The lowest BCUT2D eigenvalue weighted by molar-refractivity contribution is -0.384. The van der Waals surface area contributed by atoms with Crippen molar-refractivity contribution in [1.82, 2.24) is 10.9 Å². The van der Waals surface area contributed by atoms with Gasteiger partial charge in [-0.2, -0.15) is 0 Å². The van der Waals surface area contributed by atoms with E-state index in [-0.39, 0.29) is 29.7 Å². The number of nitro benzene ring substituents is 1. The average Bonchev–Trinajstić information content (AvgIpc) is 2.71. The number of non-ortho nitro benzene ring substituents is 1. The van der Waals surface area contributed by atoms with Gasteiger partial charge in [-0.15, -0.1) is 11.8 Å². The quantitative estimate of drug-likeness (QED) is 0.379. The third-order valence-electron chi connectivity index (χ3n) is 3.99. The van der Waals surface area contributed by atoms with Gasteiger partial charge in [0, 0.05) is 17.0 Å². The molecule has 2 N–H and O–H groups in total. The Hall–Kier alpha value is -3.39. The van der Waals surface area contributed by atoms with Gasteiger partial charge >= 0.3 is 0 Å². The number of thioether (sulfide) groups is 1. The van der Waals surface area contributed by atoms with Crippen molar-refractivity contribution in [3.63, 3.8) is 0 Å². The standard InChI is InChI=1S/C20H17N3O4S/c24-19(12-15-6-3-5-14-4-1-2-7-18(14)15)21-22-20(25)13-28-17-10-8-16(9-11-17)23(26)27/h1-11H,12-13H2,(H,21,24)(H,22,25). The summed E-state index contributed by atoms with van der Waals surface area (Å²) in [5, 5.41) is 12.7.